The first kappa shape index (κ1) is 13.0. The fourth-order valence-corrected chi connectivity index (χ4v) is 1.72. The van der Waals surface area contributed by atoms with Gasteiger partial charge < -0.3 is 15.4 Å². The van der Waals surface area contributed by atoms with Crippen LogP contribution in [-0.4, -0.2) is 33.4 Å². The molecular formula is C13H22N2O. The first-order valence-corrected chi connectivity index (χ1v) is 5.74. The maximum atomic E-state index is 6.06. The van der Waals surface area contributed by atoms with Crippen molar-refractivity contribution in [3.8, 4) is 0 Å². The van der Waals surface area contributed by atoms with Crippen LogP contribution >= 0.6 is 0 Å². The predicted molar refractivity (Wildman–Crippen MR) is 68.8 cm³/mol. The molecule has 0 fully saturated rings. The molecule has 1 unspecified atom stereocenters. The molecular weight excluding hydrogens is 200 g/mol. The fourth-order valence-electron chi connectivity index (χ4n) is 1.72. The molecule has 0 amide bonds. The second-order valence-corrected chi connectivity index (χ2v) is 4.11. The van der Waals surface area contributed by atoms with Gasteiger partial charge in [0.05, 0.1) is 0 Å². The second kappa shape index (κ2) is 7.25. The normalized spacial score (nSPS) is 12.4. The minimum absolute atomic E-state index is 0.209. The topological polar surface area (TPSA) is 38.5 Å². The summed E-state index contributed by atoms with van der Waals surface area (Å²) in [5.74, 6) is 0. The number of anilines is 1. The van der Waals surface area contributed by atoms with Crippen LogP contribution in [0.4, 0.5) is 5.69 Å². The molecule has 1 aromatic rings. The summed E-state index contributed by atoms with van der Waals surface area (Å²) in [7, 11) is 3.80. The molecule has 0 aliphatic heterocycles. The highest BCUT2D eigenvalue weighted by molar-refractivity contribution is 5.45. The summed E-state index contributed by atoms with van der Waals surface area (Å²) in [6.07, 6.45) is 2.03. The Morgan fingerprint density at radius 3 is 2.62 bits per heavy atom. The molecule has 1 aromatic carbocycles. The Morgan fingerprint density at radius 1 is 1.31 bits per heavy atom. The summed E-state index contributed by atoms with van der Waals surface area (Å²) in [5, 5.41) is 0. The summed E-state index contributed by atoms with van der Waals surface area (Å²) >= 11 is 0. The second-order valence-electron chi connectivity index (χ2n) is 4.11. The molecule has 1 atom stereocenters. The van der Waals surface area contributed by atoms with Crippen LogP contribution in [0.2, 0.25) is 0 Å². The van der Waals surface area contributed by atoms with Crippen molar-refractivity contribution in [2.45, 2.75) is 18.9 Å². The highest BCUT2D eigenvalue weighted by Gasteiger charge is 2.06. The van der Waals surface area contributed by atoms with Crippen molar-refractivity contribution in [2.24, 2.45) is 5.73 Å². The van der Waals surface area contributed by atoms with E-state index in [0.29, 0.717) is 0 Å². The number of para-hydroxylation sites is 1. The van der Waals surface area contributed by atoms with Gasteiger partial charge >= 0.3 is 0 Å². The van der Waals surface area contributed by atoms with Crippen molar-refractivity contribution in [1.29, 1.82) is 0 Å². The lowest BCUT2D eigenvalue weighted by Crippen LogP contribution is -2.35. The Bertz CT molecular complexity index is 277. The van der Waals surface area contributed by atoms with Crippen LogP contribution in [0.5, 0.6) is 0 Å². The number of rotatable bonds is 7. The first-order valence-electron chi connectivity index (χ1n) is 5.74. The summed E-state index contributed by atoms with van der Waals surface area (Å²) in [6, 6.07) is 10.5. The molecule has 3 heteroatoms. The van der Waals surface area contributed by atoms with Crippen LogP contribution in [0, 0.1) is 0 Å². The van der Waals surface area contributed by atoms with Crippen molar-refractivity contribution in [2.75, 3.05) is 32.2 Å². The average molecular weight is 222 g/mol. The molecule has 0 saturated heterocycles. The number of methoxy groups -OCH3 is 1. The monoisotopic (exact) mass is 222 g/mol. The van der Waals surface area contributed by atoms with Gasteiger partial charge in [0.15, 0.2) is 0 Å². The third-order valence-corrected chi connectivity index (χ3v) is 2.63. The molecule has 0 radical (unpaired) electrons. The van der Waals surface area contributed by atoms with Gasteiger partial charge in [0.1, 0.15) is 0 Å². The summed E-state index contributed by atoms with van der Waals surface area (Å²) < 4.78 is 5.01. The zero-order valence-electron chi connectivity index (χ0n) is 10.2. The average Bonchev–Trinajstić information content (AvgIpc) is 2.30. The number of benzene rings is 1. The molecule has 0 aliphatic rings. The summed E-state index contributed by atoms with van der Waals surface area (Å²) in [5.41, 5.74) is 7.27. The zero-order valence-corrected chi connectivity index (χ0v) is 10.2. The summed E-state index contributed by atoms with van der Waals surface area (Å²) in [4.78, 5) is 2.19. The Morgan fingerprint density at radius 2 is 2.00 bits per heavy atom. The number of hydrogen-bond acceptors (Lipinski definition) is 3. The molecule has 1 rings (SSSR count). The van der Waals surface area contributed by atoms with Crippen LogP contribution in [0.3, 0.4) is 0 Å². The van der Waals surface area contributed by atoms with Crippen molar-refractivity contribution < 1.29 is 4.74 Å². The lowest BCUT2D eigenvalue weighted by Gasteiger charge is -2.23. The van der Waals surface area contributed by atoms with Gasteiger partial charge in [-0.25, -0.2) is 0 Å². The number of ether oxygens (including phenoxy) is 1. The van der Waals surface area contributed by atoms with Crippen LogP contribution in [0.25, 0.3) is 0 Å². The highest BCUT2D eigenvalue weighted by Crippen LogP contribution is 2.11. The van der Waals surface area contributed by atoms with Crippen molar-refractivity contribution in [1.82, 2.24) is 0 Å². The predicted octanol–water partition coefficient (Wildman–Crippen LogP) is 1.88. The van der Waals surface area contributed by atoms with Gasteiger partial charge in [-0.1, -0.05) is 18.2 Å². The minimum atomic E-state index is 0.209. The van der Waals surface area contributed by atoms with Gasteiger partial charge in [0.25, 0.3) is 0 Å². The molecule has 0 heterocycles. The van der Waals surface area contributed by atoms with E-state index < -0.39 is 0 Å². The minimum Gasteiger partial charge on any atom is -0.385 e. The Hall–Kier alpha value is -1.06. The highest BCUT2D eigenvalue weighted by atomic mass is 16.5. The number of nitrogens with zero attached hydrogens (tertiary/aromatic N) is 1. The van der Waals surface area contributed by atoms with E-state index >= 15 is 0 Å². The van der Waals surface area contributed by atoms with E-state index in [4.69, 9.17) is 10.5 Å². The van der Waals surface area contributed by atoms with E-state index in [1.165, 1.54) is 5.69 Å². The molecule has 0 saturated carbocycles. The lowest BCUT2D eigenvalue weighted by molar-refractivity contribution is 0.190. The van der Waals surface area contributed by atoms with Gasteiger partial charge in [0.2, 0.25) is 0 Å². The Labute approximate surface area is 98.2 Å². The molecule has 0 aromatic heterocycles. The van der Waals surface area contributed by atoms with Crippen LogP contribution in [0.1, 0.15) is 12.8 Å². The van der Waals surface area contributed by atoms with Crippen LogP contribution in [-0.2, 0) is 4.74 Å². The van der Waals surface area contributed by atoms with E-state index in [2.05, 4.69) is 24.1 Å². The molecule has 3 nitrogen and oxygen atoms in total. The number of hydrogen-bond donors (Lipinski definition) is 1. The first-order chi connectivity index (χ1) is 7.74. The molecule has 90 valence electrons. The zero-order chi connectivity index (χ0) is 11.8. The largest absolute Gasteiger partial charge is 0.385 e. The molecule has 2 N–H and O–H groups in total. The van der Waals surface area contributed by atoms with Gasteiger partial charge in [-0.3, -0.25) is 0 Å². The molecule has 0 spiro atoms. The maximum Gasteiger partial charge on any atom is 0.0462 e. The standard InChI is InChI=1S/C13H22N2O/c1-15(13-8-4-3-5-9-13)11-12(14)7-6-10-16-2/h3-5,8-9,12H,6-7,10-11,14H2,1-2H3. The van der Waals surface area contributed by atoms with E-state index in [-0.39, 0.29) is 6.04 Å². The van der Waals surface area contributed by atoms with Gasteiger partial charge in [-0.15, -0.1) is 0 Å². The van der Waals surface area contributed by atoms with Gasteiger partial charge in [0, 0.05) is 39.0 Å². The van der Waals surface area contributed by atoms with Crippen molar-refractivity contribution >= 4 is 5.69 Å². The van der Waals surface area contributed by atoms with Crippen molar-refractivity contribution in [3.63, 3.8) is 0 Å². The van der Waals surface area contributed by atoms with E-state index in [1.807, 2.05) is 18.2 Å². The number of nitrogens with two attached hydrogens (primary N) is 1. The van der Waals surface area contributed by atoms with Gasteiger partial charge in [-0.05, 0) is 25.0 Å². The van der Waals surface area contributed by atoms with E-state index in [1.54, 1.807) is 7.11 Å². The Balaban J connectivity index is 2.31. The third-order valence-electron chi connectivity index (χ3n) is 2.63. The van der Waals surface area contributed by atoms with Crippen LogP contribution in [0.15, 0.2) is 30.3 Å². The van der Waals surface area contributed by atoms with Crippen molar-refractivity contribution in [3.05, 3.63) is 30.3 Å². The maximum absolute atomic E-state index is 6.06. The molecule has 0 aliphatic carbocycles. The molecule has 16 heavy (non-hydrogen) atoms. The van der Waals surface area contributed by atoms with Crippen LogP contribution < -0.4 is 10.6 Å². The quantitative estimate of drug-likeness (QED) is 0.716. The number of likely N-dealkylation sites (N-methyl/N-ethyl adjacent to an activating group) is 1. The van der Waals surface area contributed by atoms with Gasteiger partial charge in [-0.2, -0.15) is 0 Å². The SMILES string of the molecule is COCCCC(N)CN(C)c1ccccc1. The summed E-state index contributed by atoms with van der Waals surface area (Å²) in [6.45, 7) is 1.68. The lowest BCUT2D eigenvalue weighted by atomic mass is 10.1. The smallest absolute Gasteiger partial charge is 0.0462 e. The van der Waals surface area contributed by atoms with E-state index in [0.717, 1.165) is 26.0 Å². The van der Waals surface area contributed by atoms with E-state index in [9.17, 15) is 0 Å². The Kier molecular flexibility index (Phi) is 5.90. The fraction of sp³-hybridized carbons (Fsp3) is 0.538. The third kappa shape index (κ3) is 4.64. The molecule has 0 bridgehead atoms.